The summed E-state index contributed by atoms with van der Waals surface area (Å²) in [6.45, 7) is 2.43. The van der Waals surface area contributed by atoms with Crippen molar-refractivity contribution in [2.75, 3.05) is 13.1 Å². The number of carbonyl (C=O) groups is 3. The van der Waals surface area contributed by atoms with Gasteiger partial charge >= 0.3 is 0 Å². The SMILES string of the molecule is CCCNC(=O)CCN1C(=O)c2cccc(F)c2C1=O. The highest BCUT2D eigenvalue weighted by Gasteiger charge is 2.37. The van der Waals surface area contributed by atoms with Gasteiger partial charge in [-0.05, 0) is 18.6 Å². The first kappa shape index (κ1) is 14.2. The highest BCUT2D eigenvalue weighted by Crippen LogP contribution is 2.25. The summed E-state index contributed by atoms with van der Waals surface area (Å²) in [6.07, 6.45) is 0.830. The van der Waals surface area contributed by atoms with E-state index < -0.39 is 17.6 Å². The quantitative estimate of drug-likeness (QED) is 0.826. The van der Waals surface area contributed by atoms with E-state index in [0.717, 1.165) is 17.4 Å². The van der Waals surface area contributed by atoms with E-state index >= 15 is 0 Å². The summed E-state index contributed by atoms with van der Waals surface area (Å²) in [5.74, 6) is -2.16. The molecule has 0 atom stereocenters. The smallest absolute Gasteiger partial charge is 0.264 e. The Balaban J connectivity index is 2.06. The van der Waals surface area contributed by atoms with Gasteiger partial charge in [0.2, 0.25) is 5.91 Å². The molecule has 1 aromatic rings. The van der Waals surface area contributed by atoms with Crippen molar-refractivity contribution in [3.8, 4) is 0 Å². The normalized spacial score (nSPS) is 13.6. The monoisotopic (exact) mass is 278 g/mol. The molecule has 1 aliphatic heterocycles. The van der Waals surface area contributed by atoms with Crippen LogP contribution in [0.4, 0.5) is 4.39 Å². The molecule has 0 aliphatic carbocycles. The molecular weight excluding hydrogens is 263 g/mol. The number of amides is 3. The molecule has 0 radical (unpaired) electrons. The molecule has 5 nitrogen and oxygen atoms in total. The lowest BCUT2D eigenvalue weighted by Gasteiger charge is -2.13. The number of nitrogens with zero attached hydrogens (tertiary/aromatic N) is 1. The molecule has 0 bridgehead atoms. The molecule has 0 fully saturated rings. The predicted molar refractivity (Wildman–Crippen MR) is 69.7 cm³/mol. The van der Waals surface area contributed by atoms with Crippen molar-refractivity contribution in [3.63, 3.8) is 0 Å². The number of fused-ring (bicyclic) bond motifs is 1. The minimum Gasteiger partial charge on any atom is -0.356 e. The zero-order valence-corrected chi connectivity index (χ0v) is 11.1. The van der Waals surface area contributed by atoms with Crippen molar-refractivity contribution in [3.05, 3.63) is 35.1 Å². The Labute approximate surface area is 115 Å². The molecule has 0 spiro atoms. The van der Waals surface area contributed by atoms with Gasteiger partial charge in [-0.1, -0.05) is 13.0 Å². The zero-order valence-electron chi connectivity index (χ0n) is 11.1. The summed E-state index contributed by atoms with van der Waals surface area (Å²) in [5.41, 5.74) is -0.143. The lowest BCUT2D eigenvalue weighted by molar-refractivity contribution is -0.121. The molecule has 0 aromatic heterocycles. The molecule has 6 heteroatoms. The first-order valence-electron chi connectivity index (χ1n) is 6.47. The number of halogens is 1. The second-order valence-corrected chi connectivity index (χ2v) is 4.52. The Morgan fingerprint density at radius 3 is 2.70 bits per heavy atom. The molecule has 3 amide bonds. The zero-order chi connectivity index (χ0) is 14.7. The van der Waals surface area contributed by atoms with E-state index in [1.807, 2.05) is 6.92 Å². The lowest BCUT2D eigenvalue weighted by Crippen LogP contribution is -2.34. The second-order valence-electron chi connectivity index (χ2n) is 4.52. The summed E-state index contributed by atoms with van der Waals surface area (Å²) in [5, 5.41) is 2.66. The van der Waals surface area contributed by atoms with E-state index in [4.69, 9.17) is 0 Å². The summed E-state index contributed by atoms with van der Waals surface area (Å²) < 4.78 is 13.6. The van der Waals surface area contributed by atoms with Crippen molar-refractivity contribution in [1.29, 1.82) is 0 Å². The topological polar surface area (TPSA) is 66.5 Å². The Morgan fingerprint density at radius 2 is 2.05 bits per heavy atom. The van der Waals surface area contributed by atoms with E-state index in [9.17, 15) is 18.8 Å². The fraction of sp³-hybridized carbons (Fsp3) is 0.357. The van der Waals surface area contributed by atoms with Crippen molar-refractivity contribution in [2.24, 2.45) is 0 Å². The van der Waals surface area contributed by atoms with Crippen molar-refractivity contribution >= 4 is 17.7 Å². The fourth-order valence-electron chi connectivity index (χ4n) is 2.06. The molecule has 0 saturated carbocycles. The lowest BCUT2D eigenvalue weighted by atomic mass is 10.1. The molecule has 0 saturated heterocycles. The van der Waals surface area contributed by atoms with Gasteiger partial charge in [0.25, 0.3) is 11.8 Å². The van der Waals surface area contributed by atoms with Crippen LogP contribution in [0, 0.1) is 5.82 Å². The van der Waals surface area contributed by atoms with Crippen LogP contribution in [0.25, 0.3) is 0 Å². The molecular formula is C14H15FN2O3. The molecule has 1 N–H and O–H groups in total. The van der Waals surface area contributed by atoms with Gasteiger partial charge in [0.1, 0.15) is 5.82 Å². The van der Waals surface area contributed by atoms with Gasteiger partial charge in [-0.3, -0.25) is 19.3 Å². The largest absolute Gasteiger partial charge is 0.356 e. The van der Waals surface area contributed by atoms with Crippen LogP contribution >= 0.6 is 0 Å². The average molecular weight is 278 g/mol. The Kier molecular flexibility index (Phi) is 4.12. The Bertz CT molecular complexity index is 572. The van der Waals surface area contributed by atoms with Gasteiger partial charge in [-0.25, -0.2) is 4.39 Å². The van der Waals surface area contributed by atoms with Gasteiger partial charge in [-0.2, -0.15) is 0 Å². The highest BCUT2D eigenvalue weighted by atomic mass is 19.1. The maximum Gasteiger partial charge on any atom is 0.264 e. The van der Waals surface area contributed by atoms with Crippen LogP contribution in [-0.4, -0.2) is 35.7 Å². The number of hydrogen-bond donors (Lipinski definition) is 1. The molecule has 1 heterocycles. The van der Waals surface area contributed by atoms with Gasteiger partial charge < -0.3 is 5.32 Å². The van der Waals surface area contributed by atoms with Gasteiger partial charge in [0.15, 0.2) is 0 Å². The van der Waals surface area contributed by atoms with Crippen LogP contribution in [-0.2, 0) is 4.79 Å². The molecule has 106 valence electrons. The first-order valence-corrected chi connectivity index (χ1v) is 6.47. The van der Waals surface area contributed by atoms with Crippen LogP contribution in [0.15, 0.2) is 18.2 Å². The number of benzene rings is 1. The van der Waals surface area contributed by atoms with E-state index in [2.05, 4.69) is 5.32 Å². The highest BCUT2D eigenvalue weighted by molar-refractivity contribution is 6.21. The second kappa shape index (κ2) is 5.81. The van der Waals surface area contributed by atoms with E-state index in [1.54, 1.807) is 0 Å². The standard InChI is InChI=1S/C14H15FN2O3/c1-2-7-16-11(18)6-8-17-13(19)9-4-3-5-10(15)12(9)14(17)20/h3-5H,2,6-8H2,1H3,(H,16,18). The van der Waals surface area contributed by atoms with E-state index in [-0.39, 0.29) is 30.0 Å². The van der Waals surface area contributed by atoms with Crippen LogP contribution in [0.2, 0.25) is 0 Å². The molecule has 0 unspecified atom stereocenters. The number of nitrogens with one attached hydrogen (secondary N) is 1. The van der Waals surface area contributed by atoms with Crippen LogP contribution in [0.3, 0.4) is 0 Å². The van der Waals surface area contributed by atoms with Crippen LogP contribution < -0.4 is 5.32 Å². The average Bonchev–Trinajstić information content (AvgIpc) is 2.67. The summed E-state index contributed by atoms with van der Waals surface area (Å²) in [4.78, 5) is 36.4. The number of imide groups is 1. The third kappa shape index (κ3) is 2.54. The van der Waals surface area contributed by atoms with Crippen LogP contribution in [0.1, 0.15) is 40.5 Å². The van der Waals surface area contributed by atoms with Crippen molar-refractivity contribution in [2.45, 2.75) is 19.8 Å². The van der Waals surface area contributed by atoms with Crippen molar-refractivity contribution in [1.82, 2.24) is 10.2 Å². The molecule has 20 heavy (non-hydrogen) atoms. The van der Waals surface area contributed by atoms with Gasteiger partial charge in [0.05, 0.1) is 11.1 Å². The third-order valence-corrected chi connectivity index (χ3v) is 3.08. The third-order valence-electron chi connectivity index (χ3n) is 3.08. The number of rotatable bonds is 5. The first-order chi connectivity index (χ1) is 9.56. The van der Waals surface area contributed by atoms with Gasteiger partial charge in [-0.15, -0.1) is 0 Å². The molecule has 1 aliphatic rings. The minimum absolute atomic E-state index is 0.0209. The Morgan fingerprint density at radius 1 is 1.30 bits per heavy atom. The van der Waals surface area contributed by atoms with E-state index in [1.165, 1.54) is 12.1 Å². The number of carbonyl (C=O) groups excluding carboxylic acids is 3. The number of hydrogen-bond acceptors (Lipinski definition) is 3. The van der Waals surface area contributed by atoms with Gasteiger partial charge in [0, 0.05) is 19.5 Å². The molecule has 2 rings (SSSR count). The predicted octanol–water partition coefficient (Wildman–Crippen LogP) is 1.34. The summed E-state index contributed by atoms with van der Waals surface area (Å²) in [6, 6.07) is 3.94. The van der Waals surface area contributed by atoms with Crippen LogP contribution in [0.5, 0.6) is 0 Å². The van der Waals surface area contributed by atoms with E-state index in [0.29, 0.717) is 6.54 Å². The Hall–Kier alpha value is -2.24. The minimum atomic E-state index is -0.709. The van der Waals surface area contributed by atoms with Crippen molar-refractivity contribution < 1.29 is 18.8 Å². The molecule has 1 aromatic carbocycles. The fourth-order valence-corrected chi connectivity index (χ4v) is 2.06. The summed E-state index contributed by atoms with van der Waals surface area (Å²) in [7, 11) is 0. The maximum absolute atomic E-state index is 13.6. The maximum atomic E-state index is 13.6. The summed E-state index contributed by atoms with van der Waals surface area (Å²) >= 11 is 0.